The topological polar surface area (TPSA) is 29.1 Å². The minimum Gasteiger partial charge on any atom is -0.325 e. The van der Waals surface area contributed by atoms with Gasteiger partial charge < -0.3 is 5.32 Å². The van der Waals surface area contributed by atoms with E-state index in [0.29, 0.717) is 0 Å². The number of carbonyl (C=O) groups excluding carboxylic acids is 1. The van der Waals surface area contributed by atoms with Gasteiger partial charge in [-0.1, -0.05) is 34.1 Å². The second-order valence-electron chi connectivity index (χ2n) is 3.37. The number of hydrogen-bond acceptors (Lipinski definition) is 1. The number of benzene rings is 1. The van der Waals surface area contributed by atoms with E-state index >= 15 is 0 Å². The molecule has 0 aliphatic rings. The summed E-state index contributed by atoms with van der Waals surface area (Å²) in [7, 11) is 0. The first-order chi connectivity index (χ1) is 6.52. The zero-order valence-electron chi connectivity index (χ0n) is 8.60. The van der Waals surface area contributed by atoms with Crippen molar-refractivity contribution in [3.8, 4) is 0 Å². The van der Waals surface area contributed by atoms with Gasteiger partial charge in [-0.05, 0) is 31.9 Å². The van der Waals surface area contributed by atoms with Crippen LogP contribution in [0.4, 0.5) is 5.69 Å². The van der Waals surface area contributed by atoms with Crippen LogP contribution in [0.3, 0.4) is 0 Å². The maximum atomic E-state index is 11.5. The average Bonchev–Trinajstić information content (AvgIpc) is 2.11. The number of alkyl halides is 1. The van der Waals surface area contributed by atoms with Crippen molar-refractivity contribution in [1.82, 2.24) is 0 Å². The lowest BCUT2D eigenvalue weighted by atomic mass is 10.1. The molecule has 0 unspecified atom stereocenters. The van der Waals surface area contributed by atoms with Gasteiger partial charge >= 0.3 is 0 Å². The van der Waals surface area contributed by atoms with Crippen molar-refractivity contribution in [3.63, 3.8) is 0 Å². The monoisotopic (exact) mass is 255 g/mol. The minimum atomic E-state index is -0.165. The first-order valence-corrected chi connectivity index (χ1v) is 5.45. The summed E-state index contributed by atoms with van der Waals surface area (Å²) in [5.41, 5.74) is 3.10. The largest absolute Gasteiger partial charge is 0.325 e. The number of nitrogens with one attached hydrogen (secondary N) is 1. The fourth-order valence-electron chi connectivity index (χ4n) is 1.23. The van der Waals surface area contributed by atoms with Crippen LogP contribution in [0.15, 0.2) is 18.2 Å². The Morgan fingerprint density at radius 3 is 2.29 bits per heavy atom. The molecule has 1 N–H and O–H groups in total. The molecule has 1 aromatic carbocycles. The molecule has 1 aromatic rings. The zero-order valence-corrected chi connectivity index (χ0v) is 10.2. The Bertz CT molecular complexity index is 327. The zero-order chi connectivity index (χ0) is 10.7. The molecule has 0 fully saturated rings. The lowest BCUT2D eigenvalue weighted by Gasteiger charge is -2.12. The van der Waals surface area contributed by atoms with Crippen LogP contribution in [-0.2, 0) is 4.79 Å². The molecule has 0 spiro atoms. The molecular formula is C11H14BrNO. The molecule has 76 valence electrons. The highest BCUT2D eigenvalue weighted by atomic mass is 79.9. The van der Waals surface area contributed by atoms with Gasteiger partial charge in [0.1, 0.15) is 0 Å². The molecule has 0 saturated heterocycles. The predicted octanol–water partition coefficient (Wildman–Crippen LogP) is 3.03. The fourth-order valence-corrected chi connectivity index (χ4v) is 1.35. The van der Waals surface area contributed by atoms with E-state index in [1.165, 1.54) is 0 Å². The van der Waals surface area contributed by atoms with Gasteiger partial charge in [0, 0.05) is 5.69 Å². The molecule has 1 atom stereocenters. The standard InChI is InChI=1S/C11H14BrNO/c1-7-5-4-6-8(2)10(7)13-11(14)9(3)12/h4-6,9H,1-3H3,(H,13,14)/t9-/m0/s1. The summed E-state index contributed by atoms with van der Waals surface area (Å²) in [5, 5.41) is 2.89. The Kier molecular flexibility index (Phi) is 3.69. The third-order valence-corrected chi connectivity index (χ3v) is 2.51. The van der Waals surface area contributed by atoms with E-state index in [0.717, 1.165) is 16.8 Å². The number of halogens is 1. The van der Waals surface area contributed by atoms with E-state index in [1.54, 1.807) is 0 Å². The molecule has 14 heavy (non-hydrogen) atoms. The number of amides is 1. The molecule has 1 amide bonds. The summed E-state index contributed by atoms with van der Waals surface area (Å²) in [5.74, 6) is -0.0117. The van der Waals surface area contributed by atoms with Gasteiger partial charge in [-0.2, -0.15) is 0 Å². The molecule has 0 aliphatic carbocycles. The van der Waals surface area contributed by atoms with Crippen LogP contribution in [-0.4, -0.2) is 10.7 Å². The van der Waals surface area contributed by atoms with Crippen molar-refractivity contribution in [1.29, 1.82) is 0 Å². The van der Waals surface area contributed by atoms with Crippen molar-refractivity contribution < 1.29 is 4.79 Å². The van der Waals surface area contributed by atoms with E-state index in [-0.39, 0.29) is 10.7 Å². The molecule has 0 saturated carbocycles. The Hall–Kier alpha value is -0.830. The number of carbonyl (C=O) groups is 1. The minimum absolute atomic E-state index is 0.0117. The maximum absolute atomic E-state index is 11.5. The number of rotatable bonds is 2. The first-order valence-electron chi connectivity index (χ1n) is 4.53. The molecule has 0 aliphatic heterocycles. The number of hydrogen-bond donors (Lipinski definition) is 1. The van der Waals surface area contributed by atoms with Crippen LogP contribution < -0.4 is 5.32 Å². The normalized spacial score (nSPS) is 12.3. The van der Waals surface area contributed by atoms with Gasteiger partial charge in [0.2, 0.25) is 5.91 Å². The van der Waals surface area contributed by atoms with Gasteiger partial charge in [0.15, 0.2) is 0 Å². The summed E-state index contributed by atoms with van der Waals surface area (Å²) in [4.78, 5) is 11.3. The maximum Gasteiger partial charge on any atom is 0.237 e. The van der Waals surface area contributed by atoms with E-state index < -0.39 is 0 Å². The summed E-state index contributed by atoms with van der Waals surface area (Å²) < 4.78 is 0. The third-order valence-electron chi connectivity index (χ3n) is 2.09. The van der Waals surface area contributed by atoms with Gasteiger partial charge in [-0.15, -0.1) is 0 Å². The molecule has 0 radical (unpaired) electrons. The van der Waals surface area contributed by atoms with Crippen molar-refractivity contribution in [2.45, 2.75) is 25.6 Å². The van der Waals surface area contributed by atoms with E-state index in [9.17, 15) is 4.79 Å². The Morgan fingerprint density at radius 2 is 1.86 bits per heavy atom. The van der Waals surface area contributed by atoms with Crippen LogP contribution in [0.2, 0.25) is 0 Å². The first kappa shape index (κ1) is 11.2. The van der Waals surface area contributed by atoms with Gasteiger partial charge in [-0.3, -0.25) is 4.79 Å². The lowest BCUT2D eigenvalue weighted by Crippen LogP contribution is -2.21. The molecule has 0 bridgehead atoms. The van der Waals surface area contributed by atoms with E-state index in [1.807, 2.05) is 39.0 Å². The highest BCUT2D eigenvalue weighted by Crippen LogP contribution is 2.20. The molecular weight excluding hydrogens is 242 g/mol. The molecule has 0 aromatic heterocycles. The van der Waals surface area contributed by atoms with Crippen molar-refractivity contribution in [2.75, 3.05) is 5.32 Å². The van der Waals surface area contributed by atoms with Crippen LogP contribution in [0.5, 0.6) is 0 Å². The van der Waals surface area contributed by atoms with Gasteiger partial charge in [0.25, 0.3) is 0 Å². The predicted molar refractivity (Wildman–Crippen MR) is 62.9 cm³/mol. The number of para-hydroxylation sites is 1. The van der Waals surface area contributed by atoms with Crippen molar-refractivity contribution >= 4 is 27.5 Å². The summed E-state index contributed by atoms with van der Waals surface area (Å²) >= 11 is 3.23. The Labute approximate surface area is 92.8 Å². The van der Waals surface area contributed by atoms with Crippen LogP contribution >= 0.6 is 15.9 Å². The Balaban J connectivity index is 2.91. The molecule has 1 rings (SSSR count). The quantitative estimate of drug-likeness (QED) is 0.809. The molecule has 0 heterocycles. The average molecular weight is 256 g/mol. The third kappa shape index (κ3) is 2.58. The summed E-state index contributed by atoms with van der Waals surface area (Å²) in [6.07, 6.45) is 0. The summed E-state index contributed by atoms with van der Waals surface area (Å²) in [6.45, 7) is 5.78. The van der Waals surface area contributed by atoms with E-state index in [2.05, 4.69) is 21.2 Å². The summed E-state index contributed by atoms with van der Waals surface area (Å²) in [6, 6.07) is 5.96. The van der Waals surface area contributed by atoms with Crippen LogP contribution in [0, 0.1) is 13.8 Å². The van der Waals surface area contributed by atoms with E-state index in [4.69, 9.17) is 0 Å². The molecule has 3 heteroatoms. The van der Waals surface area contributed by atoms with Gasteiger partial charge in [-0.25, -0.2) is 0 Å². The van der Waals surface area contributed by atoms with Crippen molar-refractivity contribution in [2.24, 2.45) is 0 Å². The number of anilines is 1. The fraction of sp³-hybridized carbons (Fsp3) is 0.364. The SMILES string of the molecule is Cc1cccc(C)c1NC(=O)[C@H](C)Br. The number of aryl methyl sites for hydroxylation is 2. The van der Waals surface area contributed by atoms with Gasteiger partial charge in [0.05, 0.1) is 4.83 Å². The smallest absolute Gasteiger partial charge is 0.237 e. The second kappa shape index (κ2) is 4.60. The highest BCUT2D eigenvalue weighted by Gasteiger charge is 2.11. The Morgan fingerprint density at radius 1 is 1.36 bits per heavy atom. The van der Waals surface area contributed by atoms with Crippen LogP contribution in [0.25, 0.3) is 0 Å². The second-order valence-corrected chi connectivity index (χ2v) is 4.75. The van der Waals surface area contributed by atoms with Crippen molar-refractivity contribution in [3.05, 3.63) is 29.3 Å². The van der Waals surface area contributed by atoms with Crippen LogP contribution in [0.1, 0.15) is 18.1 Å². The molecule has 2 nitrogen and oxygen atoms in total. The lowest BCUT2D eigenvalue weighted by molar-refractivity contribution is -0.115. The highest BCUT2D eigenvalue weighted by molar-refractivity contribution is 9.10.